The van der Waals surface area contributed by atoms with E-state index in [1.165, 1.54) is 0 Å². The van der Waals surface area contributed by atoms with Crippen molar-refractivity contribution in [3.63, 3.8) is 0 Å². The highest BCUT2D eigenvalue weighted by molar-refractivity contribution is 5.72. The van der Waals surface area contributed by atoms with Crippen LogP contribution in [0, 0.1) is 0 Å². The number of esters is 2. The standard InChI is InChI=1S/C24H30O5/c1-3-5-7-9-23(25)28-21-15-11-19(12-16-21)27-20-13-17-22(18-14-20)29-24(26)10-8-6-4-2/h11-18H,3-10H2,1-2H3. The number of unbranched alkanes of at least 4 members (excludes halogenated alkanes) is 4. The maximum absolute atomic E-state index is 11.8. The van der Waals surface area contributed by atoms with Crippen LogP contribution in [0.15, 0.2) is 48.5 Å². The van der Waals surface area contributed by atoms with Crippen LogP contribution in [-0.4, -0.2) is 11.9 Å². The number of carbonyl (C=O) groups is 2. The minimum atomic E-state index is -0.216. The van der Waals surface area contributed by atoms with E-state index in [0.29, 0.717) is 35.8 Å². The van der Waals surface area contributed by atoms with Gasteiger partial charge in [-0.3, -0.25) is 9.59 Å². The highest BCUT2D eigenvalue weighted by Crippen LogP contribution is 2.26. The fraction of sp³-hybridized carbons (Fsp3) is 0.417. The molecule has 2 aromatic carbocycles. The Hall–Kier alpha value is -2.82. The molecule has 0 bridgehead atoms. The second-order valence-corrected chi connectivity index (χ2v) is 6.91. The van der Waals surface area contributed by atoms with Crippen molar-refractivity contribution in [2.24, 2.45) is 0 Å². The first-order chi connectivity index (χ1) is 14.1. The van der Waals surface area contributed by atoms with Gasteiger partial charge in [0.05, 0.1) is 0 Å². The molecule has 0 saturated heterocycles. The van der Waals surface area contributed by atoms with E-state index >= 15 is 0 Å². The number of ether oxygens (including phenoxy) is 3. The normalized spacial score (nSPS) is 10.4. The van der Waals surface area contributed by atoms with E-state index in [2.05, 4.69) is 13.8 Å². The van der Waals surface area contributed by atoms with Crippen LogP contribution in [0.2, 0.25) is 0 Å². The molecule has 0 heterocycles. The van der Waals surface area contributed by atoms with Gasteiger partial charge in [0.25, 0.3) is 0 Å². The molecule has 29 heavy (non-hydrogen) atoms. The lowest BCUT2D eigenvalue weighted by Gasteiger charge is -2.09. The average Bonchev–Trinajstić information content (AvgIpc) is 2.71. The lowest BCUT2D eigenvalue weighted by Crippen LogP contribution is -2.07. The summed E-state index contributed by atoms with van der Waals surface area (Å²) in [6, 6.07) is 13.8. The fourth-order valence-electron chi connectivity index (χ4n) is 2.69. The third-order valence-corrected chi connectivity index (χ3v) is 4.32. The van der Waals surface area contributed by atoms with Crippen LogP contribution in [0.5, 0.6) is 23.0 Å². The summed E-state index contributed by atoms with van der Waals surface area (Å²) in [5.74, 6) is 1.83. The molecule has 156 valence electrons. The van der Waals surface area contributed by atoms with Crippen molar-refractivity contribution in [3.8, 4) is 23.0 Å². The van der Waals surface area contributed by atoms with Gasteiger partial charge in [-0.15, -0.1) is 0 Å². The first-order valence-corrected chi connectivity index (χ1v) is 10.4. The van der Waals surface area contributed by atoms with Gasteiger partial charge in [-0.25, -0.2) is 0 Å². The molecular weight excluding hydrogens is 368 g/mol. The molecule has 2 rings (SSSR count). The molecule has 0 N–H and O–H groups in total. The Balaban J connectivity index is 1.80. The Labute approximate surface area is 173 Å². The largest absolute Gasteiger partial charge is 0.457 e. The van der Waals surface area contributed by atoms with Crippen molar-refractivity contribution in [2.75, 3.05) is 0 Å². The summed E-state index contributed by atoms with van der Waals surface area (Å²) in [7, 11) is 0. The summed E-state index contributed by atoms with van der Waals surface area (Å²) < 4.78 is 16.4. The topological polar surface area (TPSA) is 61.8 Å². The number of hydrogen-bond acceptors (Lipinski definition) is 5. The van der Waals surface area contributed by atoms with Gasteiger partial charge in [-0.1, -0.05) is 39.5 Å². The lowest BCUT2D eigenvalue weighted by molar-refractivity contribution is -0.135. The molecule has 0 radical (unpaired) electrons. The third-order valence-electron chi connectivity index (χ3n) is 4.32. The van der Waals surface area contributed by atoms with Crippen LogP contribution >= 0.6 is 0 Å². The maximum atomic E-state index is 11.8. The van der Waals surface area contributed by atoms with Crippen molar-refractivity contribution in [1.82, 2.24) is 0 Å². The number of rotatable bonds is 12. The molecule has 2 aromatic rings. The Morgan fingerprint density at radius 3 is 1.28 bits per heavy atom. The van der Waals surface area contributed by atoms with E-state index in [1.54, 1.807) is 48.5 Å². The van der Waals surface area contributed by atoms with Gasteiger partial charge in [-0.05, 0) is 61.4 Å². The van der Waals surface area contributed by atoms with Gasteiger partial charge in [0, 0.05) is 12.8 Å². The van der Waals surface area contributed by atoms with Crippen LogP contribution in [0.3, 0.4) is 0 Å². The first-order valence-electron chi connectivity index (χ1n) is 10.4. The van der Waals surface area contributed by atoms with Crippen LogP contribution in [-0.2, 0) is 9.59 Å². The molecule has 0 amide bonds. The SMILES string of the molecule is CCCCCC(=O)Oc1ccc(Oc2ccc(OC(=O)CCCCC)cc2)cc1. The lowest BCUT2D eigenvalue weighted by atomic mass is 10.2. The Kier molecular flexibility index (Phi) is 9.76. The molecule has 0 aliphatic carbocycles. The van der Waals surface area contributed by atoms with Crippen molar-refractivity contribution in [2.45, 2.75) is 65.2 Å². The summed E-state index contributed by atoms with van der Waals surface area (Å²) in [6.07, 6.45) is 6.76. The van der Waals surface area contributed by atoms with Gasteiger partial charge in [0.1, 0.15) is 23.0 Å². The monoisotopic (exact) mass is 398 g/mol. The molecule has 0 aliphatic rings. The highest BCUT2D eigenvalue weighted by Gasteiger charge is 2.07. The summed E-state index contributed by atoms with van der Waals surface area (Å²) in [4.78, 5) is 23.5. The Morgan fingerprint density at radius 1 is 0.586 bits per heavy atom. The van der Waals surface area contributed by atoms with Gasteiger partial charge in [0.2, 0.25) is 0 Å². The minimum Gasteiger partial charge on any atom is -0.457 e. The third kappa shape index (κ3) is 8.81. The average molecular weight is 398 g/mol. The molecular formula is C24H30O5. The summed E-state index contributed by atoms with van der Waals surface area (Å²) >= 11 is 0. The smallest absolute Gasteiger partial charge is 0.311 e. The van der Waals surface area contributed by atoms with E-state index in [4.69, 9.17) is 14.2 Å². The van der Waals surface area contributed by atoms with Crippen LogP contribution in [0.4, 0.5) is 0 Å². The zero-order valence-electron chi connectivity index (χ0n) is 17.3. The number of carbonyl (C=O) groups excluding carboxylic acids is 2. The molecule has 0 atom stereocenters. The molecule has 0 aromatic heterocycles. The molecule has 0 fully saturated rings. The number of hydrogen-bond donors (Lipinski definition) is 0. The summed E-state index contributed by atoms with van der Waals surface area (Å²) in [5.41, 5.74) is 0. The zero-order valence-corrected chi connectivity index (χ0v) is 17.3. The van der Waals surface area contributed by atoms with Crippen molar-refractivity contribution in [1.29, 1.82) is 0 Å². The molecule has 0 unspecified atom stereocenters. The quantitative estimate of drug-likeness (QED) is 0.233. The van der Waals surface area contributed by atoms with E-state index < -0.39 is 0 Å². The molecule has 0 spiro atoms. The van der Waals surface area contributed by atoms with Crippen molar-refractivity contribution >= 4 is 11.9 Å². The minimum absolute atomic E-state index is 0.216. The highest BCUT2D eigenvalue weighted by atomic mass is 16.5. The second kappa shape index (κ2) is 12.6. The number of benzene rings is 2. The van der Waals surface area contributed by atoms with Crippen molar-refractivity contribution in [3.05, 3.63) is 48.5 Å². The molecule has 0 aliphatic heterocycles. The van der Waals surface area contributed by atoms with E-state index in [9.17, 15) is 9.59 Å². The molecule has 5 heteroatoms. The Morgan fingerprint density at radius 2 is 0.931 bits per heavy atom. The maximum Gasteiger partial charge on any atom is 0.311 e. The second-order valence-electron chi connectivity index (χ2n) is 6.91. The first kappa shape index (κ1) is 22.5. The van der Waals surface area contributed by atoms with Gasteiger partial charge in [-0.2, -0.15) is 0 Å². The predicted octanol–water partition coefficient (Wildman–Crippen LogP) is 6.45. The fourth-order valence-corrected chi connectivity index (χ4v) is 2.69. The van der Waals surface area contributed by atoms with Crippen molar-refractivity contribution < 1.29 is 23.8 Å². The summed E-state index contributed by atoms with van der Waals surface area (Å²) in [5, 5.41) is 0. The predicted molar refractivity (Wildman–Crippen MR) is 113 cm³/mol. The van der Waals surface area contributed by atoms with Crippen LogP contribution in [0.25, 0.3) is 0 Å². The van der Waals surface area contributed by atoms with E-state index in [1.807, 2.05) is 0 Å². The van der Waals surface area contributed by atoms with Gasteiger partial charge >= 0.3 is 11.9 Å². The van der Waals surface area contributed by atoms with Crippen LogP contribution in [0.1, 0.15) is 65.2 Å². The van der Waals surface area contributed by atoms with Gasteiger partial charge in [0.15, 0.2) is 0 Å². The van der Waals surface area contributed by atoms with Crippen LogP contribution < -0.4 is 14.2 Å². The zero-order chi connectivity index (χ0) is 20.9. The Bertz CT molecular complexity index is 684. The summed E-state index contributed by atoms with van der Waals surface area (Å²) in [6.45, 7) is 4.19. The molecule has 5 nitrogen and oxygen atoms in total. The van der Waals surface area contributed by atoms with E-state index in [0.717, 1.165) is 38.5 Å². The van der Waals surface area contributed by atoms with Gasteiger partial charge < -0.3 is 14.2 Å². The van der Waals surface area contributed by atoms with E-state index in [-0.39, 0.29) is 11.9 Å². The molecule has 0 saturated carbocycles.